The fraction of sp³-hybridized carbons (Fsp3) is 0.133. The average molecular weight is 251 g/mol. The summed E-state index contributed by atoms with van der Waals surface area (Å²) in [5.74, 6) is -0.0954. The van der Waals surface area contributed by atoms with E-state index in [0.29, 0.717) is 5.69 Å². The second-order valence-corrected chi connectivity index (χ2v) is 4.58. The van der Waals surface area contributed by atoms with E-state index >= 15 is 0 Å². The summed E-state index contributed by atoms with van der Waals surface area (Å²) in [7, 11) is 3.46. The summed E-state index contributed by atoms with van der Waals surface area (Å²) in [4.78, 5) is 22.6. The molecule has 0 aliphatic heterocycles. The van der Waals surface area contributed by atoms with Gasteiger partial charge < -0.3 is 4.90 Å². The number of rotatable bonds is 1. The van der Waals surface area contributed by atoms with Gasteiger partial charge in [-0.25, -0.2) is 4.98 Å². The Bertz CT molecular complexity index is 781. The van der Waals surface area contributed by atoms with Crippen molar-refractivity contribution in [1.82, 2.24) is 14.9 Å². The van der Waals surface area contributed by atoms with E-state index in [1.807, 2.05) is 36.4 Å². The monoisotopic (exact) mass is 251 g/mol. The molecule has 0 saturated heterocycles. The third-order valence-electron chi connectivity index (χ3n) is 3.06. The van der Waals surface area contributed by atoms with Gasteiger partial charge in [0.15, 0.2) is 0 Å². The molecule has 3 rings (SSSR count). The molecule has 0 aliphatic rings. The number of aromatic nitrogens is 2. The predicted molar refractivity (Wildman–Crippen MR) is 75.1 cm³/mol. The van der Waals surface area contributed by atoms with Crippen molar-refractivity contribution in [2.24, 2.45) is 0 Å². The van der Waals surface area contributed by atoms with Gasteiger partial charge in [-0.1, -0.05) is 24.3 Å². The van der Waals surface area contributed by atoms with Gasteiger partial charge in [0.05, 0.1) is 11.0 Å². The zero-order valence-electron chi connectivity index (χ0n) is 10.8. The van der Waals surface area contributed by atoms with Crippen LogP contribution >= 0.6 is 0 Å². The molecule has 0 atom stereocenters. The maximum Gasteiger partial charge on any atom is 0.272 e. The van der Waals surface area contributed by atoms with Crippen LogP contribution in [0.4, 0.5) is 0 Å². The molecule has 0 unspecified atom stereocenters. The summed E-state index contributed by atoms with van der Waals surface area (Å²) in [5, 5.41) is 1.80. The van der Waals surface area contributed by atoms with E-state index in [-0.39, 0.29) is 5.91 Å². The number of fused-ring (bicyclic) bond motifs is 3. The van der Waals surface area contributed by atoms with Crippen LogP contribution in [-0.4, -0.2) is 34.9 Å². The van der Waals surface area contributed by atoms with Gasteiger partial charge in [0.2, 0.25) is 0 Å². The Labute approximate surface area is 110 Å². The van der Waals surface area contributed by atoms with Crippen LogP contribution in [0.3, 0.4) is 0 Å². The Morgan fingerprint density at radius 2 is 1.79 bits per heavy atom. The van der Waals surface area contributed by atoms with Crippen molar-refractivity contribution in [2.75, 3.05) is 14.1 Å². The van der Waals surface area contributed by atoms with E-state index < -0.39 is 0 Å². The molecular weight excluding hydrogens is 238 g/mol. The third kappa shape index (κ3) is 1.81. The summed E-state index contributed by atoms with van der Waals surface area (Å²) in [6, 6.07) is 11.4. The molecule has 1 amide bonds. The first-order valence-electron chi connectivity index (χ1n) is 6.03. The molecule has 1 aromatic carbocycles. The predicted octanol–water partition coefficient (Wildman–Crippen LogP) is 2.48. The Balaban J connectivity index is 2.46. The summed E-state index contributed by atoms with van der Waals surface area (Å²) >= 11 is 0. The minimum atomic E-state index is -0.0954. The van der Waals surface area contributed by atoms with Gasteiger partial charge in [0.1, 0.15) is 5.69 Å². The highest BCUT2D eigenvalue weighted by Crippen LogP contribution is 2.25. The van der Waals surface area contributed by atoms with Crippen molar-refractivity contribution in [1.29, 1.82) is 0 Å². The molecule has 0 aliphatic carbocycles. The number of hydrogen-bond donors (Lipinski definition) is 0. The van der Waals surface area contributed by atoms with E-state index in [0.717, 1.165) is 21.8 Å². The average Bonchev–Trinajstić information content (AvgIpc) is 2.45. The summed E-state index contributed by atoms with van der Waals surface area (Å²) in [5.41, 5.74) is 2.04. The number of amides is 1. The quantitative estimate of drug-likeness (QED) is 0.624. The highest BCUT2D eigenvalue weighted by Gasteiger charge is 2.16. The minimum Gasteiger partial charge on any atom is -0.343 e. The Kier molecular flexibility index (Phi) is 2.63. The molecule has 0 radical (unpaired) electrons. The van der Waals surface area contributed by atoms with Crippen LogP contribution in [-0.2, 0) is 0 Å². The lowest BCUT2D eigenvalue weighted by Gasteiger charge is -2.12. The van der Waals surface area contributed by atoms with Crippen LogP contribution in [0.2, 0.25) is 0 Å². The highest BCUT2D eigenvalue weighted by molar-refractivity contribution is 6.12. The molecular formula is C15H13N3O. The molecule has 4 heteroatoms. The van der Waals surface area contributed by atoms with Crippen molar-refractivity contribution in [2.45, 2.75) is 0 Å². The summed E-state index contributed by atoms with van der Waals surface area (Å²) in [6.45, 7) is 0. The van der Waals surface area contributed by atoms with Crippen molar-refractivity contribution in [3.63, 3.8) is 0 Å². The minimum absolute atomic E-state index is 0.0954. The second-order valence-electron chi connectivity index (χ2n) is 4.58. The van der Waals surface area contributed by atoms with Gasteiger partial charge in [0, 0.05) is 31.1 Å². The molecule has 0 N–H and O–H groups in total. The maximum absolute atomic E-state index is 12.2. The zero-order chi connectivity index (χ0) is 13.4. The van der Waals surface area contributed by atoms with Crippen molar-refractivity contribution in [3.8, 4) is 0 Å². The van der Waals surface area contributed by atoms with Gasteiger partial charge in [0.25, 0.3) is 5.91 Å². The largest absolute Gasteiger partial charge is 0.343 e. The van der Waals surface area contributed by atoms with E-state index in [9.17, 15) is 4.79 Å². The fourth-order valence-corrected chi connectivity index (χ4v) is 2.15. The van der Waals surface area contributed by atoms with Gasteiger partial charge in [-0.05, 0) is 12.1 Å². The number of nitrogens with zero attached hydrogens (tertiary/aromatic N) is 3. The third-order valence-corrected chi connectivity index (χ3v) is 3.06. The molecule has 3 aromatic rings. The molecule has 4 nitrogen and oxygen atoms in total. The molecule has 0 spiro atoms. The molecule has 0 bridgehead atoms. The molecule has 94 valence electrons. The number of carbonyl (C=O) groups is 1. The van der Waals surface area contributed by atoms with Crippen molar-refractivity contribution < 1.29 is 4.79 Å². The van der Waals surface area contributed by atoms with Crippen LogP contribution < -0.4 is 0 Å². The van der Waals surface area contributed by atoms with Crippen LogP contribution in [0.1, 0.15) is 10.5 Å². The van der Waals surface area contributed by atoms with Crippen molar-refractivity contribution >= 4 is 27.7 Å². The first-order chi connectivity index (χ1) is 9.18. The van der Waals surface area contributed by atoms with E-state index in [4.69, 9.17) is 0 Å². The van der Waals surface area contributed by atoms with Crippen LogP contribution in [0.5, 0.6) is 0 Å². The van der Waals surface area contributed by atoms with Crippen LogP contribution in [0, 0.1) is 0 Å². The van der Waals surface area contributed by atoms with Crippen molar-refractivity contribution in [3.05, 3.63) is 48.3 Å². The smallest absolute Gasteiger partial charge is 0.272 e. The van der Waals surface area contributed by atoms with E-state index in [2.05, 4.69) is 9.97 Å². The van der Waals surface area contributed by atoms with Gasteiger partial charge in [-0.2, -0.15) is 0 Å². The lowest BCUT2D eigenvalue weighted by atomic mass is 10.1. The van der Waals surface area contributed by atoms with Crippen LogP contribution in [0.25, 0.3) is 21.8 Å². The lowest BCUT2D eigenvalue weighted by Crippen LogP contribution is -2.23. The van der Waals surface area contributed by atoms with Crippen LogP contribution in [0.15, 0.2) is 42.6 Å². The molecule has 0 saturated carbocycles. The maximum atomic E-state index is 12.2. The Morgan fingerprint density at radius 3 is 2.53 bits per heavy atom. The SMILES string of the molecule is CN(C)C(=O)c1nc2cccnc2c2ccccc12. The molecule has 2 aromatic heterocycles. The van der Waals surface area contributed by atoms with Gasteiger partial charge >= 0.3 is 0 Å². The fourth-order valence-electron chi connectivity index (χ4n) is 2.15. The standard InChI is InChI=1S/C15H13N3O/c1-18(2)15(19)14-11-7-4-3-6-10(11)13-12(17-14)8-5-9-16-13/h3-9H,1-2H3. The van der Waals surface area contributed by atoms with Gasteiger partial charge in [-0.15, -0.1) is 0 Å². The number of benzene rings is 1. The second kappa shape index (κ2) is 4.31. The molecule has 0 fully saturated rings. The van der Waals surface area contributed by atoms with E-state index in [1.165, 1.54) is 4.90 Å². The summed E-state index contributed by atoms with van der Waals surface area (Å²) < 4.78 is 0. The summed E-state index contributed by atoms with van der Waals surface area (Å²) in [6.07, 6.45) is 1.74. The molecule has 2 heterocycles. The number of hydrogen-bond acceptors (Lipinski definition) is 3. The van der Waals surface area contributed by atoms with E-state index in [1.54, 1.807) is 20.3 Å². The normalized spacial score (nSPS) is 10.8. The molecule has 19 heavy (non-hydrogen) atoms. The lowest BCUT2D eigenvalue weighted by molar-refractivity contribution is 0.0824. The zero-order valence-corrected chi connectivity index (χ0v) is 10.8. The first kappa shape index (κ1) is 11.6. The number of carbonyl (C=O) groups excluding carboxylic acids is 1. The number of pyridine rings is 2. The highest BCUT2D eigenvalue weighted by atomic mass is 16.2. The Morgan fingerprint density at radius 1 is 1.05 bits per heavy atom. The van der Waals surface area contributed by atoms with Gasteiger partial charge in [-0.3, -0.25) is 9.78 Å². The first-order valence-corrected chi connectivity index (χ1v) is 6.03. The topological polar surface area (TPSA) is 46.1 Å². The Hall–Kier alpha value is -2.49.